The molecule has 18 heavy (non-hydrogen) atoms. The molecule has 0 radical (unpaired) electrons. The van der Waals surface area contributed by atoms with Gasteiger partial charge in [-0.2, -0.15) is 0 Å². The van der Waals surface area contributed by atoms with E-state index in [4.69, 9.17) is 0 Å². The third-order valence-corrected chi connectivity index (χ3v) is 4.74. The van der Waals surface area contributed by atoms with Crippen molar-refractivity contribution in [3.8, 4) is 0 Å². The monoisotopic (exact) mass is 254 g/mol. The predicted octanol–water partition coefficient (Wildman–Crippen LogP) is 3.81. The summed E-state index contributed by atoms with van der Waals surface area (Å²) in [7, 11) is 0. The van der Waals surface area contributed by atoms with Crippen molar-refractivity contribution in [2.24, 2.45) is 0 Å². The minimum atomic E-state index is 0.324. The van der Waals surface area contributed by atoms with Crippen LogP contribution in [0.3, 0.4) is 0 Å². The molecule has 0 saturated carbocycles. The van der Waals surface area contributed by atoms with Gasteiger partial charge in [0.25, 0.3) is 0 Å². The lowest BCUT2D eigenvalue weighted by molar-refractivity contribution is 0.0558. The molecule has 0 bridgehead atoms. The largest absolute Gasteiger partial charge is 0.309 e. The van der Waals surface area contributed by atoms with Gasteiger partial charge in [0.05, 0.1) is 0 Å². The first-order chi connectivity index (χ1) is 8.52. The van der Waals surface area contributed by atoms with Gasteiger partial charge in [0, 0.05) is 30.7 Å². The molecule has 3 atom stereocenters. The zero-order chi connectivity index (χ0) is 13.6. The Balaban J connectivity index is 2.41. The number of hydrogen-bond acceptors (Lipinski definition) is 2. The van der Waals surface area contributed by atoms with E-state index in [0.29, 0.717) is 11.6 Å². The van der Waals surface area contributed by atoms with Crippen LogP contribution < -0.4 is 5.32 Å². The molecule has 2 heteroatoms. The third-order valence-electron chi connectivity index (χ3n) is 4.74. The number of nitrogens with zero attached hydrogens (tertiary/aromatic N) is 1. The number of rotatable bonds is 7. The van der Waals surface area contributed by atoms with Crippen molar-refractivity contribution in [2.75, 3.05) is 13.1 Å². The van der Waals surface area contributed by atoms with E-state index >= 15 is 0 Å². The van der Waals surface area contributed by atoms with Gasteiger partial charge in [-0.05, 0) is 33.6 Å². The van der Waals surface area contributed by atoms with E-state index in [1.54, 1.807) is 0 Å². The Bertz CT molecular complexity index is 229. The first kappa shape index (κ1) is 16.0. The molecule has 1 N–H and O–H groups in total. The van der Waals surface area contributed by atoms with Crippen LogP contribution in [0.5, 0.6) is 0 Å². The summed E-state index contributed by atoms with van der Waals surface area (Å²) >= 11 is 0. The molecule has 1 saturated heterocycles. The van der Waals surface area contributed by atoms with Crippen LogP contribution in [0.15, 0.2) is 0 Å². The second-order valence-electron chi connectivity index (χ2n) is 6.51. The molecule has 1 aliphatic heterocycles. The summed E-state index contributed by atoms with van der Waals surface area (Å²) < 4.78 is 0. The van der Waals surface area contributed by atoms with E-state index < -0.39 is 0 Å². The Hall–Kier alpha value is -0.0800. The van der Waals surface area contributed by atoms with Gasteiger partial charge in [0.1, 0.15) is 0 Å². The van der Waals surface area contributed by atoms with E-state index in [2.05, 4.69) is 44.8 Å². The molecule has 108 valence electrons. The zero-order valence-electron chi connectivity index (χ0n) is 13.3. The minimum Gasteiger partial charge on any atom is -0.309 e. The lowest BCUT2D eigenvalue weighted by atomic mass is 9.92. The number of unbranched alkanes of at least 4 members (excludes halogenated alkanes) is 3. The van der Waals surface area contributed by atoms with Gasteiger partial charge in [-0.25, -0.2) is 0 Å². The summed E-state index contributed by atoms with van der Waals surface area (Å²) in [5.41, 5.74) is 0.324. The minimum absolute atomic E-state index is 0.324. The Labute approximate surface area is 115 Å². The summed E-state index contributed by atoms with van der Waals surface area (Å²) in [6.07, 6.45) is 8.13. The van der Waals surface area contributed by atoms with Gasteiger partial charge >= 0.3 is 0 Å². The highest BCUT2D eigenvalue weighted by molar-refractivity contribution is 4.94. The number of hydrogen-bond donors (Lipinski definition) is 1. The van der Waals surface area contributed by atoms with E-state index in [-0.39, 0.29) is 0 Å². The van der Waals surface area contributed by atoms with Crippen LogP contribution in [-0.4, -0.2) is 35.6 Å². The zero-order valence-corrected chi connectivity index (χ0v) is 13.3. The maximum absolute atomic E-state index is 3.71. The first-order valence-corrected chi connectivity index (χ1v) is 8.03. The maximum Gasteiger partial charge on any atom is 0.0278 e. The van der Waals surface area contributed by atoms with Gasteiger partial charge in [-0.3, -0.25) is 4.90 Å². The fourth-order valence-electron chi connectivity index (χ4n) is 2.99. The Morgan fingerprint density at radius 3 is 2.61 bits per heavy atom. The highest BCUT2D eigenvalue weighted by Crippen LogP contribution is 2.23. The maximum atomic E-state index is 3.71. The first-order valence-electron chi connectivity index (χ1n) is 8.03. The van der Waals surface area contributed by atoms with Gasteiger partial charge in [0.15, 0.2) is 0 Å². The lowest BCUT2D eigenvalue weighted by Gasteiger charge is -2.47. The van der Waals surface area contributed by atoms with E-state index in [1.165, 1.54) is 45.1 Å². The van der Waals surface area contributed by atoms with Crippen molar-refractivity contribution in [3.05, 3.63) is 0 Å². The molecule has 0 aliphatic carbocycles. The average molecular weight is 254 g/mol. The lowest BCUT2D eigenvalue weighted by Crippen LogP contribution is -2.63. The Morgan fingerprint density at radius 2 is 2.00 bits per heavy atom. The molecular weight excluding hydrogens is 220 g/mol. The smallest absolute Gasteiger partial charge is 0.0278 e. The quantitative estimate of drug-likeness (QED) is 0.695. The van der Waals surface area contributed by atoms with E-state index in [1.807, 2.05) is 0 Å². The van der Waals surface area contributed by atoms with Crippen LogP contribution in [0.2, 0.25) is 0 Å². The molecule has 1 rings (SSSR count). The SMILES string of the molecule is CCCCCCC(C)N1CC(C)(CC)NCC1C. The highest BCUT2D eigenvalue weighted by atomic mass is 15.3. The molecule has 0 aromatic heterocycles. The predicted molar refractivity (Wildman–Crippen MR) is 81.1 cm³/mol. The Morgan fingerprint density at radius 1 is 1.28 bits per heavy atom. The highest BCUT2D eigenvalue weighted by Gasteiger charge is 2.34. The fourth-order valence-corrected chi connectivity index (χ4v) is 2.99. The average Bonchev–Trinajstić information content (AvgIpc) is 2.37. The van der Waals surface area contributed by atoms with Crippen LogP contribution in [0.25, 0.3) is 0 Å². The topological polar surface area (TPSA) is 15.3 Å². The number of nitrogens with one attached hydrogen (secondary N) is 1. The summed E-state index contributed by atoms with van der Waals surface area (Å²) in [4.78, 5) is 2.73. The van der Waals surface area contributed by atoms with Crippen LogP contribution in [0.1, 0.15) is 73.1 Å². The van der Waals surface area contributed by atoms with Crippen LogP contribution in [-0.2, 0) is 0 Å². The Kier molecular flexibility index (Phi) is 6.65. The molecule has 0 aromatic rings. The van der Waals surface area contributed by atoms with Gasteiger partial charge in [0.2, 0.25) is 0 Å². The van der Waals surface area contributed by atoms with E-state index in [9.17, 15) is 0 Å². The van der Waals surface area contributed by atoms with Crippen LogP contribution in [0, 0.1) is 0 Å². The van der Waals surface area contributed by atoms with Crippen LogP contribution in [0.4, 0.5) is 0 Å². The fraction of sp³-hybridized carbons (Fsp3) is 1.00. The second-order valence-corrected chi connectivity index (χ2v) is 6.51. The normalized spacial score (nSPS) is 31.5. The molecule has 0 aromatic carbocycles. The standard InChI is InChI=1S/C16H34N2/c1-6-8-9-10-11-14(3)18-13-16(5,7-2)17-12-15(18)4/h14-15,17H,6-13H2,1-5H3. The molecular formula is C16H34N2. The van der Waals surface area contributed by atoms with Crippen molar-refractivity contribution in [2.45, 2.75) is 90.8 Å². The third kappa shape index (κ3) is 4.55. The molecule has 0 amide bonds. The van der Waals surface area contributed by atoms with Gasteiger partial charge in [-0.1, -0.05) is 39.5 Å². The summed E-state index contributed by atoms with van der Waals surface area (Å²) in [6, 6.07) is 1.43. The molecule has 3 unspecified atom stereocenters. The molecule has 1 heterocycles. The molecule has 2 nitrogen and oxygen atoms in total. The van der Waals surface area contributed by atoms with Gasteiger partial charge in [-0.15, -0.1) is 0 Å². The summed E-state index contributed by atoms with van der Waals surface area (Å²) in [5, 5.41) is 3.71. The van der Waals surface area contributed by atoms with Gasteiger partial charge < -0.3 is 5.32 Å². The second kappa shape index (κ2) is 7.49. The van der Waals surface area contributed by atoms with Crippen LogP contribution >= 0.6 is 0 Å². The summed E-state index contributed by atoms with van der Waals surface area (Å²) in [6.45, 7) is 14.1. The molecule has 1 aliphatic rings. The molecule has 0 spiro atoms. The van der Waals surface area contributed by atoms with Crippen molar-refractivity contribution in [1.29, 1.82) is 0 Å². The summed E-state index contributed by atoms with van der Waals surface area (Å²) in [5.74, 6) is 0. The van der Waals surface area contributed by atoms with Crippen molar-refractivity contribution in [1.82, 2.24) is 10.2 Å². The number of piperazine rings is 1. The molecule has 1 fully saturated rings. The van der Waals surface area contributed by atoms with Crippen molar-refractivity contribution >= 4 is 0 Å². The van der Waals surface area contributed by atoms with Crippen molar-refractivity contribution in [3.63, 3.8) is 0 Å². The van der Waals surface area contributed by atoms with Crippen molar-refractivity contribution < 1.29 is 0 Å². The van der Waals surface area contributed by atoms with E-state index in [0.717, 1.165) is 12.6 Å².